The first kappa shape index (κ1) is 17.0. The number of carboxylic acid groups (broad SMARTS) is 1. The zero-order valence-corrected chi connectivity index (χ0v) is 13.6. The molecule has 6 nitrogen and oxygen atoms in total. The van der Waals surface area contributed by atoms with Crippen molar-refractivity contribution >= 4 is 17.6 Å². The highest BCUT2D eigenvalue weighted by molar-refractivity contribution is 5.74. The Labute approximate surface area is 134 Å². The Hall–Kier alpha value is -2.37. The minimum Gasteiger partial charge on any atom is -0.481 e. The monoisotopic (exact) mass is 318 g/mol. The molecular formula is C17H22N2O4. The molecule has 0 aromatic heterocycles. The average Bonchev–Trinajstić information content (AvgIpc) is 2.84. The van der Waals surface area contributed by atoms with E-state index in [1.807, 2.05) is 24.3 Å². The van der Waals surface area contributed by atoms with Crippen molar-refractivity contribution in [3.05, 3.63) is 34.8 Å². The first-order valence-electron chi connectivity index (χ1n) is 7.57. The van der Waals surface area contributed by atoms with Crippen LogP contribution in [0.5, 0.6) is 0 Å². The third-order valence-electron chi connectivity index (χ3n) is 3.46. The Balaban J connectivity index is 2.03. The Morgan fingerprint density at radius 1 is 1.35 bits per heavy atom. The molecule has 0 fully saturated rings. The maximum Gasteiger partial charge on any atom is 0.407 e. The van der Waals surface area contributed by atoms with Crippen LogP contribution in [-0.2, 0) is 9.53 Å². The Kier molecular flexibility index (Phi) is 5.03. The van der Waals surface area contributed by atoms with Gasteiger partial charge < -0.3 is 15.2 Å². The zero-order valence-electron chi connectivity index (χ0n) is 13.6. The highest BCUT2D eigenvalue weighted by Crippen LogP contribution is 2.14. The Morgan fingerprint density at radius 2 is 2.04 bits per heavy atom. The molecule has 1 heterocycles. The van der Waals surface area contributed by atoms with E-state index in [2.05, 4.69) is 10.3 Å². The van der Waals surface area contributed by atoms with Gasteiger partial charge in [0, 0.05) is 11.8 Å². The quantitative estimate of drug-likeness (QED) is 0.850. The maximum atomic E-state index is 11.7. The first-order valence-corrected chi connectivity index (χ1v) is 7.57. The molecule has 1 aliphatic rings. The third-order valence-corrected chi connectivity index (χ3v) is 3.46. The number of hydrogen-bond donors (Lipinski definition) is 2. The van der Waals surface area contributed by atoms with Crippen molar-refractivity contribution in [1.82, 2.24) is 5.32 Å². The van der Waals surface area contributed by atoms with E-state index in [1.165, 1.54) is 0 Å². The van der Waals surface area contributed by atoms with Crippen molar-refractivity contribution in [1.29, 1.82) is 0 Å². The maximum absolute atomic E-state index is 11.7. The lowest BCUT2D eigenvalue weighted by atomic mass is 9.98. The van der Waals surface area contributed by atoms with Crippen molar-refractivity contribution in [2.45, 2.75) is 32.8 Å². The second-order valence-electron chi connectivity index (χ2n) is 6.56. The SMILES string of the molecule is CC(C)(C)OC(=O)NC[C@@H](CC1=c2ccccc2=NC1)C(=O)O. The average molecular weight is 318 g/mol. The van der Waals surface area contributed by atoms with Crippen molar-refractivity contribution < 1.29 is 19.4 Å². The molecule has 0 radical (unpaired) electrons. The van der Waals surface area contributed by atoms with Crippen LogP contribution in [0.25, 0.3) is 5.57 Å². The van der Waals surface area contributed by atoms with Crippen LogP contribution >= 0.6 is 0 Å². The number of carbonyl (C=O) groups is 2. The molecule has 0 saturated heterocycles. The molecule has 0 spiro atoms. The summed E-state index contributed by atoms with van der Waals surface area (Å²) in [6, 6.07) is 7.68. The first-order chi connectivity index (χ1) is 10.8. The number of hydrogen-bond acceptors (Lipinski definition) is 4. The molecule has 23 heavy (non-hydrogen) atoms. The van der Waals surface area contributed by atoms with Crippen LogP contribution < -0.4 is 15.9 Å². The van der Waals surface area contributed by atoms with Crippen LogP contribution in [0.4, 0.5) is 4.79 Å². The van der Waals surface area contributed by atoms with Crippen molar-refractivity contribution in [3.63, 3.8) is 0 Å². The van der Waals surface area contributed by atoms with E-state index in [4.69, 9.17) is 4.74 Å². The van der Waals surface area contributed by atoms with Crippen molar-refractivity contribution in [3.8, 4) is 0 Å². The van der Waals surface area contributed by atoms with Gasteiger partial charge in [0.25, 0.3) is 0 Å². The van der Waals surface area contributed by atoms with Crippen LogP contribution in [0.2, 0.25) is 0 Å². The Morgan fingerprint density at radius 3 is 2.70 bits per heavy atom. The number of benzene rings is 1. The van der Waals surface area contributed by atoms with Gasteiger partial charge in [0.1, 0.15) is 5.60 Å². The largest absolute Gasteiger partial charge is 0.481 e. The normalized spacial score (nSPS) is 14.7. The van der Waals surface area contributed by atoms with Crippen molar-refractivity contribution in [2.24, 2.45) is 10.9 Å². The number of carboxylic acids is 1. The molecule has 1 aromatic carbocycles. The molecular weight excluding hydrogens is 296 g/mol. The molecule has 0 unspecified atom stereocenters. The topological polar surface area (TPSA) is 88.0 Å². The standard InChI is InChI=1S/C17H22N2O4/c1-17(2,3)23-16(22)19-10-12(15(20)21)8-11-9-18-14-7-5-4-6-13(11)14/h4-7,12H,8-10H2,1-3H3,(H,19,22)(H,20,21)/t12-/m1/s1. The number of amides is 1. The molecule has 0 saturated carbocycles. The second-order valence-corrected chi connectivity index (χ2v) is 6.56. The molecule has 0 bridgehead atoms. The Bertz CT molecular complexity index is 719. The molecule has 6 heteroatoms. The lowest BCUT2D eigenvalue weighted by Gasteiger charge is -2.21. The predicted octanol–water partition coefficient (Wildman–Crippen LogP) is 1.09. The predicted molar refractivity (Wildman–Crippen MR) is 85.5 cm³/mol. The fourth-order valence-corrected chi connectivity index (χ4v) is 2.42. The van der Waals surface area contributed by atoms with Gasteiger partial charge in [0.15, 0.2) is 0 Å². The second kappa shape index (κ2) is 6.81. The number of alkyl carbamates (subject to hydrolysis) is 1. The van der Waals surface area contributed by atoms with E-state index < -0.39 is 23.6 Å². The van der Waals surface area contributed by atoms with E-state index in [9.17, 15) is 14.7 Å². The highest BCUT2D eigenvalue weighted by Gasteiger charge is 2.23. The number of fused-ring (bicyclic) bond motifs is 1. The van der Waals surface area contributed by atoms with E-state index in [0.717, 1.165) is 16.1 Å². The molecule has 1 atom stereocenters. The number of para-hydroxylation sites is 1. The molecule has 2 rings (SSSR count). The number of ether oxygens (including phenoxy) is 1. The van der Waals surface area contributed by atoms with Crippen LogP contribution in [0.1, 0.15) is 27.2 Å². The lowest BCUT2D eigenvalue weighted by Crippen LogP contribution is -2.37. The van der Waals surface area contributed by atoms with Gasteiger partial charge in [-0.05, 0) is 38.8 Å². The summed E-state index contributed by atoms with van der Waals surface area (Å²) in [5.74, 6) is -1.66. The van der Waals surface area contributed by atoms with Gasteiger partial charge in [-0.25, -0.2) is 4.79 Å². The smallest absolute Gasteiger partial charge is 0.407 e. The number of nitrogens with zero attached hydrogens (tertiary/aromatic N) is 1. The molecule has 1 amide bonds. The summed E-state index contributed by atoms with van der Waals surface area (Å²) in [5, 5.41) is 13.8. The van der Waals surface area contributed by atoms with Crippen LogP contribution in [0, 0.1) is 5.92 Å². The number of carbonyl (C=O) groups excluding carboxylic acids is 1. The summed E-state index contributed by atoms with van der Waals surface area (Å²) in [4.78, 5) is 27.5. The number of aliphatic carboxylic acids is 1. The summed E-state index contributed by atoms with van der Waals surface area (Å²) < 4.78 is 5.13. The van der Waals surface area contributed by atoms with Crippen LogP contribution in [0.3, 0.4) is 0 Å². The van der Waals surface area contributed by atoms with E-state index in [0.29, 0.717) is 13.0 Å². The van der Waals surface area contributed by atoms with E-state index in [-0.39, 0.29) is 6.54 Å². The molecule has 124 valence electrons. The van der Waals surface area contributed by atoms with Crippen molar-refractivity contribution in [2.75, 3.05) is 13.1 Å². The highest BCUT2D eigenvalue weighted by atomic mass is 16.6. The number of rotatable bonds is 5. The van der Waals surface area contributed by atoms with Gasteiger partial charge in [-0.2, -0.15) is 0 Å². The summed E-state index contributed by atoms with van der Waals surface area (Å²) >= 11 is 0. The van der Waals surface area contributed by atoms with Gasteiger partial charge in [-0.1, -0.05) is 18.2 Å². The van der Waals surface area contributed by atoms with Crippen LogP contribution in [0.15, 0.2) is 29.3 Å². The molecule has 1 aromatic rings. The molecule has 0 aliphatic carbocycles. The summed E-state index contributed by atoms with van der Waals surface area (Å²) in [6.45, 7) is 5.81. The van der Waals surface area contributed by atoms with E-state index >= 15 is 0 Å². The number of nitrogens with one attached hydrogen (secondary N) is 1. The lowest BCUT2D eigenvalue weighted by molar-refractivity contribution is -0.141. The van der Waals surface area contributed by atoms with E-state index in [1.54, 1.807) is 20.8 Å². The summed E-state index contributed by atoms with van der Waals surface area (Å²) in [7, 11) is 0. The zero-order chi connectivity index (χ0) is 17.0. The van der Waals surface area contributed by atoms with Gasteiger partial charge in [-0.15, -0.1) is 0 Å². The van der Waals surface area contributed by atoms with Gasteiger partial charge in [0.05, 0.1) is 17.8 Å². The van der Waals surface area contributed by atoms with Gasteiger partial charge >= 0.3 is 12.1 Å². The fraction of sp³-hybridized carbons (Fsp3) is 0.471. The fourth-order valence-electron chi connectivity index (χ4n) is 2.42. The van der Waals surface area contributed by atoms with Gasteiger partial charge in [0.2, 0.25) is 0 Å². The summed E-state index contributed by atoms with van der Waals surface area (Å²) in [6.07, 6.45) is -0.253. The molecule has 1 aliphatic heterocycles. The van der Waals surface area contributed by atoms with Gasteiger partial charge in [-0.3, -0.25) is 9.79 Å². The summed E-state index contributed by atoms with van der Waals surface area (Å²) in [5.41, 5.74) is 0.375. The minimum absolute atomic E-state index is 0.0237. The molecule has 2 N–H and O–H groups in total. The van der Waals surface area contributed by atoms with Crippen LogP contribution in [-0.4, -0.2) is 35.9 Å². The third kappa shape index (κ3) is 4.81. The minimum atomic E-state index is -0.946.